The lowest BCUT2D eigenvalue weighted by molar-refractivity contribution is 0.0526. The lowest BCUT2D eigenvalue weighted by Gasteiger charge is -2.01. The highest BCUT2D eigenvalue weighted by atomic mass is 16.5. The van der Waals surface area contributed by atoms with E-state index in [1.54, 1.807) is 13.8 Å². The lowest BCUT2D eigenvalue weighted by Crippen LogP contribution is -2.07. The number of H-pyrrole nitrogens is 2. The van der Waals surface area contributed by atoms with E-state index in [0.717, 1.165) is 11.0 Å². The van der Waals surface area contributed by atoms with Gasteiger partial charge in [-0.1, -0.05) is 6.07 Å². The van der Waals surface area contributed by atoms with E-state index < -0.39 is 0 Å². The van der Waals surface area contributed by atoms with Crippen LogP contribution in [-0.4, -0.2) is 32.7 Å². The fourth-order valence-electron chi connectivity index (χ4n) is 2.86. The Morgan fingerprint density at radius 1 is 1.39 bits per heavy atom. The van der Waals surface area contributed by atoms with Crippen LogP contribution >= 0.6 is 0 Å². The Kier molecular flexibility index (Phi) is 3.18. The molecule has 0 spiro atoms. The zero-order chi connectivity index (χ0) is 16.0. The molecule has 0 amide bonds. The Bertz CT molecular complexity index is 889. The van der Waals surface area contributed by atoms with Crippen LogP contribution in [0.1, 0.15) is 47.3 Å². The normalized spacial score (nSPS) is 14.3. The van der Waals surface area contributed by atoms with Gasteiger partial charge in [-0.25, -0.2) is 9.78 Å². The van der Waals surface area contributed by atoms with E-state index in [9.17, 15) is 4.79 Å². The minimum Gasteiger partial charge on any atom is -0.462 e. The number of carbonyl (C=O) groups is 1. The molecule has 0 atom stereocenters. The van der Waals surface area contributed by atoms with Crippen molar-refractivity contribution in [3.63, 3.8) is 0 Å². The van der Waals surface area contributed by atoms with Crippen molar-refractivity contribution in [3.05, 3.63) is 35.0 Å². The third-order valence-electron chi connectivity index (χ3n) is 4.21. The minimum absolute atomic E-state index is 0.327. The number of esters is 1. The van der Waals surface area contributed by atoms with Crippen molar-refractivity contribution in [1.82, 2.24) is 20.2 Å². The van der Waals surface area contributed by atoms with E-state index in [0.29, 0.717) is 35.3 Å². The van der Waals surface area contributed by atoms with Crippen LogP contribution in [0.15, 0.2) is 18.2 Å². The molecule has 1 aliphatic rings. The van der Waals surface area contributed by atoms with Crippen LogP contribution < -0.4 is 0 Å². The molecule has 0 radical (unpaired) electrons. The van der Waals surface area contributed by atoms with Gasteiger partial charge in [0.2, 0.25) is 0 Å². The molecule has 23 heavy (non-hydrogen) atoms. The monoisotopic (exact) mass is 310 g/mol. The quantitative estimate of drug-likeness (QED) is 0.724. The molecule has 6 nitrogen and oxygen atoms in total. The first-order valence-corrected chi connectivity index (χ1v) is 7.89. The van der Waals surface area contributed by atoms with Crippen LogP contribution in [0.4, 0.5) is 0 Å². The number of nitrogens with one attached hydrogen (secondary N) is 2. The molecule has 118 valence electrons. The summed E-state index contributed by atoms with van der Waals surface area (Å²) in [7, 11) is 0. The second kappa shape index (κ2) is 5.22. The maximum atomic E-state index is 12.2. The van der Waals surface area contributed by atoms with Crippen LogP contribution in [0.2, 0.25) is 0 Å². The van der Waals surface area contributed by atoms with Gasteiger partial charge in [-0.05, 0) is 50.3 Å². The van der Waals surface area contributed by atoms with Crippen molar-refractivity contribution in [3.8, 4) is 11.5 Å². The summed E-state index contributed by atoms with van der Waals surface area (Å²) < 4.78 is 5.12. The van der Waals surface area contributed by atoms with Crippen LogP contribution in [0, 0.1) is 6.92 Å². The lowest BCUT2D eigenvalue weighted by atomic mass is 10.1. The fourth-order valence-corrected chi connectivity index (χ4v) is 2.86. The minimum atomic E-state index is -0.382. The van der Waals surface area contributed by atoms with Crippen LogP contribution in [0.25, 0.3) is 22.6 Å². The Balaban J connectivity index is 1.78. The first kappa shape index (κ1) is 14.0. The van der Waals surface area contributed by atoms with E-state index in [1.807, 2.05) is 6.07 Å². The highest BCUT2D eigenvalue weighted by molar-refractivity contribution is 5.97. The molecule has 1 saturated carbocycles. The predicted molar refractivity (Wildman–Crippen MR) is 86.3 cm³/mol. The van der Waals surface area contributed by atoms with Crippen LogP contribution in [-0.2, 0) is 4.74 Å². The average Bonchev–Trinajstić information content (AvgIpc) is 3.18. The van der Waals surface area contributed by atoms with Gasteiger partial charge in [-0.2, -0.15) is 5.10 Å². The van der Waals surface area contributed by atoms with E-state index in [4.69, 9.17) is 4.74 Å². The van der Waals surface area contributed by atoms with Gasteiger partial charge in [-0.15, -0.1) is 0 Å². The molecular formula is C17H18N4O2. The van der Waals surface area contributed by atoms with E-state index >= 15 is 0 Å². The molecule has 2 heterocycles. The van der Waals surface area contributed by atoms with Crippen molar-refractivity contribution < 1.29 is 9.53 Å². The van der Waals surface area contributed by atoms with Gasteiger partial charge in [0.1, 0.15) is 11.3 Å². The third-order valence-corrected chi connectivity index (χ3v) is 4.21. The summed E-state index contributed by atoms with van der Waals surface area (Å²) in [6.45, 7) is 3.91. The van der Waals surface area contributed by atoms with Crippen molar-refractivity contribution in [2.24, 2.45) is 0 Å². The summed E-state index contributed by atoms with van der Waals surface area (Å²) in [4.78, 5) is 20.0. The number of imidazole rings is 1. The zero-order valence-corrected chi connectivity index (χ0v) is 13.1. The number of hydrogen-bond acceptors (Lipinski definition) is 4. The Labute approximate surface area is 133 Å². The largest absolute Gasteiger partial charge is 0.462 e. The van der Waals surface area contributed by atoms with Crippen LogP contribution in [0.5, 0.6) is 0 Å². The first-order chi connectivity index (χ1) is 11.2. The topological polar surface area (TPSA) is 83.7 Å². The molecule has 4 rings (SSSR count). The molecule has 2 aromatic heterocycles. The SMILES string of the molecule is CCOC(=O)c1c(-c2nc3ccc(C4CC4)cc3[nH]2)n[nH]c1C. The Morgan fingerprint density at radius 3 is 2.96 bits per heavy atom. The second-order valence-electron chi connectivity index (χ2n) is 5.93. The summed E-state index contributed by atoms with van der Waals surface area (Å²) >= 11 is 0. The summed E-state index contributed by atoms with van der Waals surface area (Å²) in [5.74, 6) is 0.891. The van der Waals surface area contributed by atoms with Crippen molar-refractivity contribution in [2.75, 3.05) is 6.61 Å². The van der Waals surface area contributed by atoms with Gasteiger partial charge in [0.25, 0.3) is 0 Å². The fraction of sp³-hybridized carbons (Fsp3) is 0.353. The van der Waals surface area contributed by atoms with Gasteiger partial charge in [0.05, 0.1) is 17.6 Å². The van der Waals surface area contributed by atoms with Crippen LogP contribution in [0.3, 0.4) is 0 Å². The number of aryl methyl sites for hydroxylation is 1. The molecular weight excluding hydrogens is 292 g/mol. The Morgan fingerprint density at radius 2 is 2.22 bits per heavy atom. The van der Waals surface area contributed by atoms with Gasteiger partial charge >= 0.3 is 5.97 Å². The number of hydrogen-bond donors (Lipinski definition) is 2. The summed E-state index contributed by atoms with van der Waals surface area (Å²) in [5, 5.41) is 7.08. The number of fused-ring (bicyclic) bond motifs is 1. The molecule has 3 aromatic rings. The summed E-state index contributed by atoms with van der Waals surface area (Å²) in [6, 6.07) is 6.30. The second-order valence-corrected chi connectivity index (χ2v) is 5.93. The summed E-state index contributed by atoms with van der Waals surface area (Å²) in [5.41, 5.74) is 4.81. The molecule has 0 unspecified atom stereocenters. The van der Waals surface area contributed by atoms with Crippen molar-refractivity contribution in [2.45, 2.75) is 32.6 Å². The van der Waals surface area contributed by atoms with Crippen molar-refractivity contribution >= 4 is 17.0 Å². The number of carbonyl (C=O) groups excluding carboxylic acids is 1. The number of rotatable bonds is 4. The van der Waals surface area contributed by atoms with Gasteiger partial charge in [0, 0.05) is 5.69 Å². The first-order valence-electron chi connectivity index (χ1n) is 7.89. The van der Waals surface area contributed by atoms with E-state index in [1.165, 1.54) is 18.4 Å². The maximum Gasteiger partial charge on any atom is 0.342 e. The number of aromatic amines is 2. The third kappa shape index (κ3) is 2.40. The summed E-state index contributed by atoms with van der Waals surface area (Å²) in [6.07, 6.45) is 2.52. The number of benzene rings is 1. The zero-order valence-electron chi connectivity index (χ0n) is 13.1. The average molecular weight is 310 g/mol. The molecule has 1 aliphatic carbocycles. The number of ether oxygens (including phenoxy) is 1. The molecule has 0 aliphatic heterocycles. The molecule has 0 saturated heterocycles. The number of aromatic nitrogens is 4. The molecule has 1 fully saturated rings. The van der Waals surface area contributed by atoms with E-state index in [2.05, 4.69) is 32.3 Å². The Hall–Kier alpha value is -2.63. The van der Waals surface area contributed by atoms with Gasteiger partial charge in [-0.3, -0.25) is 5.10 Å². The number of nitrogens with zero attached hydrogens (tertiary/aromatic N) is 2. The highest BCUT2D eigenvalue weighted by Gasteiger charge is 2.25. The molecule has 2 N–H and O–H groups in total. The maximum absolute atomic E-state index is 12.2. The molecule has 6 heteroatoms. The van der Waals surface area contributed by atoms with Gasteiger partial charge < -0.3 is 9.72 Å². The van der Waals surface area contributed by atoms with Crippen molar-refractivity contribution in [1.29, 1.82) is 0 Å². The molecule has 1 aromatic carbocycles. The standard InChI is InChI=1S/C17H18N4O2/c1-3-23-17(22)14-9(2)20-21-15(14)16-18-12-7-6-11(10-4-5-10)8-13(12)19-16/h6-8,10H,3-5H2,1-2H3,(H,18,19)(H,20,21). The van der Waals surface area contributed by atoms with Gasteiger partial charge in [0.15, 0.2) is 5.82 Å². The highest BCUT2D eigenvalue weighted by Crippen LogP contribution is 2.40. The predicted octanol–water partition coefficient (Wildman–Crippen LogP) is 3.32. The smallest absolute Gasteiger partial charge is 0.342 e. The van der Waals surface area contributed by atoms with E-state index in [-0.39, 0.29) is 5.97 Å². The molecule has 0 bridgehead atoms.